The molecule has 2 nitrogen and oxygen atoms in total. The van der Waals surface area contributed by atoms with Gasteiger partial charge in [-0.3, -0.25) is 0 Å². The maximum atomic E-state index is 8.84. The minimum absolute atomic E-state index is 0.673. The summed E-state index contributed by atoms with van der Waals surface area (Å²) in [6.07, 6.45) is 1.77. The fourth-order valence-corrected chi connectivity index (χ4v) is 1.58. The molecule has 0 saturated heterocycles. The van der Waals surface area contributed by atoms with Crippen LogP contribution in [0.3, 0.4) is 0 Å². The lowest BCUT2D eigenvalue weighted by Gasteiger charge is -1.98. The number of halogens is 1. The number of nitriles is 1. The Morgan fingerprint density at radius 2 is 1.86 bits per heavy atom. The zero-order chi connectivity index (χ0) is 9.97. The number of hydrogen-bond acceptors (Lipinski definition) is 1. The number of hydrogen-bond donors (Lipinski definition) is 1. The number of nitrogens with one attached hydrogen (secondary N) is 1. The first-order valence-corrected chi connectivity index (χ1v) is 4.94. The summed E-state index contributed by atoms with van der Waals surface area (Å²) in [6, 6.07) is 11.8. The van der Waals surface area contributed by atoms with Crippen molar-refractivity contribution >= 4 is 15.9 Å². The molecule has 1 aromatic carbocycles. The highest BCUT2D eigenvalue weighted by Gasteiger charge is 2.04. The fraction of sp³-hybridized carbons (Fsp3) is 0. The predicted octanol–water partition coefficient (Wildman–Crippen LogP) is 3.32. The lowest BCUT2D eigenvalue weighted by Crippen LogP contribution is -1.80. The Balaban J connectivity index is 2.50. The molecule has 0 atom stereocenters. The van der Waals surface area contributed by atoms with Crippen molar-refractivity contribution < 1.29 is 0 Å². The van der Waals surface area contributed by atoms with E-state index >= 15 is 0 Å². The number of H-pyrrole nitrogens is 1. The SMILES string of the molecule is N#Cc1cc[nH]c1-c1ccc(Br)cc1. The van der Waals surface area contributed by atoms with Crippen LogP contribution in [0.25, 0.3) is 11.3 Å². The first kappa shape index (κ1) is 9.04. The van der Waals surface area contributed by atoms with Gasteiger partial charge in [-0.1, -0.05) is 28.1 Å². The van der Waals surface area contributed by atoms with Crippen molar-refractivity contribution in [3.05, 3.63) is 46.6 Å². The van der Waals surface area contributed by atoms with E-state index in [1.807, 2.05) is 24.3 Å². The minimum Gasteiger partial charge on any atom is -0.360 e. The molecule has 0 fully saturated rings. The van der Waals surface area contributed by atoms with Gasteiger partial charge >= 0.3 is 0 Å². The molecule has 14 heavy (non-hydrogen) atoms. The molecule has 3 heteroatoms. The van der Waals surface area contributed by atoms with Gasteiger partial charge in [-0.25, -0.2) is 0 Å². The van der Waals surface area contributed by atoms with E-state index in [1.54, 1.807) is 12.3 Å². The molecular weight excluding hydrogens is 240 g/mol. The van der Waals surface area contributed by atoms with Crippen molar-refractivity contribution in [2.45, 2.75) is 0 Å². The second-order valence-corrected chi connectivity index (χ2v) is 3.80. The van der Waals surface area contributed by atoms with Gasteiger partial charge in [0.15, 0.2) is 0 Å². The second kappa shape index (κ2) is 3.69. The minimum atomic E-state index is 0.673. The topological polar surface area (TPSA) is 39.6 Å². The van der Waals surface area contributed by atoms with Crippen LogP contribution in [0, 0.1) is 11.3 Å². The smallest absolute Gasteiger partial charge is 0.101 e. The largest absolute Gasteiger partial charge is 0.360 e. The third-order valence-electron chi connectivity index (χ3n) is 2.00. The van der Waals surface area contributed by atoms with Gasteiger partial charge < -0.3 is 4.98 Å². The highest BCUT2D eigenvalue weighted by atomic mass is 79.9. The van der Waals surface area contributed by atoms with Gasteiger partial charge in [-0.05, 0) is 23.8 Å². The van der Waals surface area contributed by atoms with Crippen LogP contribution in [0.1, 0.15) is 5.56 Å². The molecule has 1 heterocycles. The fourth-order valence-electron chi connectivity index (χ4n) is 1.32. The number of nitrogens with zero attached hydrogens (tertiary/aromatic N) is 1. The van der Waals surface area contributed by atoms with Crippen LogP contribution >= 0.6 is 15.9 Å². The van der Waals surface area contributed by atoms with Gasteiger partial charge in [-0.2, -0.15) is 5.26 Å². The molecule has 0 aliphatic rings. The molecule has 0 unspecified atom stereocenters. The molecule has 0 spiro atoms. The summed E-state index contributed by atoms with van der Waals surface area (Å²) in [6.45, 7) is 0. The Morgan fingerprint density at radius 1 is 1.14 bits per heavy atom. The normalized spacial score (nSPS) is 9.71. The molecule has 68 valence electrons. The average molecular weight is 247 g/mol. The van der Waals surface area contributed by atoms with Crippen LogP contribution in [0.5, 0.6) is 0 Å². The molecule has 0 amide bonds. The van der Waals surface area contributed by atoms with Gasteiger partial charge in [0.05, 0.1) is 11.3 Å². The first-order chi connectivity index (χ1) is 6.81. The van der Waals surface area contributed by atoms with Crippen LogP contribution < -0.4 is 0 Å². The summed E-state index contributed by atoms with van der Waals surface area (Å²) < 4.78 is 1.03. The highest BCUT2D eigenvalue weighted by Crippen LogP contribution is 2.23. The lowest BCUT2D eigenvalue weighted by molar-refractivity contribution is 1.39. The summed E-state index contributed by atoms with van der Waals surface area (Å²) in [5.74, 6) is 0. The Morgan fingerprint density at radius 3 is 2.50 bits per heavy atom. The van der Waals surface area contributed by atoms with E-state index in [-0.39, 0.29) is 0 Å². The van der Waals surface area contributed by atoms with Crippen LogP contribution in [-0.4, -0.2) is 4.98 Å². The number of benzene rings is 1. The summed E-state index contributed by atoms with van der Waals surface area (Å²) in [5.41, 5.74) is 2.57. The maximum Gasteiger partial charge on any atom is 0.101 e. The van der Waals surface area contributed by atoms with Crippen molar-refractivity contribution in [3.8, 4) is 17.3 Å². The molecular formula is C11H7BrN2. The van der Waals surface area contributed by atoms with Crippen LogP contribution in [0.2, 0.25) is 0 Å². The van der Waals surface area contributed by atoms with E-state index in [4.69, 9.17) is 5.26 Å². The van der Waals surface area contributed by atoms with Crippen molar-refractivity contribution in [2.24, 2.45) is 0 Å². The lowest BCUT2D eigenvalue weighted by atomic mass is 10.1. The Labute approximate surface area is 90.3 Å². The van der Waals surface area contributed by atoms with E-state index < -0.39 is 0 Å². The van der Waals surface area contributed by atoms with E-state index in [2.05, 4.69) is 27.0 Å². The number of rotatable bonds is 1. The molecule has 2 aromatic rings. The molecule has 0 saturated carbocycles. The van der Waals surface area contributed by atoms with Gasteiger partial charge in [0, 0.05) is 10.7 Å². The molecule has 1 aromatic heterocycles. The Bertz CT molecular complexity index is 477. The van der Waals surface area contributed by atoms with E-state index in [0.717, 1.165) is 15.7 Å². The Kier molecular flexibility index (Phi) is 2.38. The van der Waals surface area contributed by atoms with Crippen molar-refractivity contribution in [1.82, 2.24) is 4.98 Å². The van der Waals surface area contributed by atoms with Crippen LogP contribution in [0.4, 0.5) is 0 Å². The zero-order valence-electron chi connectivity index (χ0n) is 7.29. The standard InChI is InChI=1S/C11H7BrN2/c12-10-3-1-8(2-4-10)11-9(7-13)5-6-14-11/h1-6,14H. The third kappa shape index (κ3) is 1.57. The summed E-state index contributed by atoms with van der Waals surface area (Å²) in [7, 11) is 0. The van der Waals surface area contributed by atoms with Gasteiger partial charge in [0.1, 0.15) is 6.07 Å². The molecule has 0 bridgehead atoms. The van der Waals surface area contributed by atoms with Gasteiger partial charge in [-0.15, -0.1) is 0 Å². The van der Waals surface area contributed by atoms with Gasteiger partial charge in [0.2, 0.25) is 0 Å². The quantitative estimate of drug-likeness (QED) is 0.824. The van der Waals surface area contributed by atoms with Crippen molar-refractivity contribution in [3.63, 3.8) is 0 Å². The summed E-state index contributed by atoms with van der Waals surface area (Å²) in [4.78, 5) is 3.05. The molecule has 2 rings (SSSR count). The maximum absolute atomic E-state index is 8.84. The summed E-state index contributed by atoms with van der Waals surface area (Å²) >= 11 is 3.37. The third-order valence-corrected chi connectivity index (χ3v) is 2.53. The van der Waals surface area contributed by atoms with Crippen molar-refractivity contribution in [2.75, 3.05) is 0 Å². The van der Waals surface area contributed by atoms with Crippen LogP contribution in [0.15, 0.2) is 41.0 Å². The van der Waals surface area contributed by atoms with Gasteiger partial charge in [0.25, 0.3) is 0 Å². The van der Waals surface area contributed by atoms with Crippen molar-refractivity contribution in [1.29, 1.82) is 5.26 Å². The predicted molar refractivity (Wildman–Crippen MR) is 58.6 cm³/mol. The zero-order valence-corrected chi connectivity index (χ0v) is 8.88. The monoisotopic (exact) mass is 246 g/mol. The molecule has 0 aliphatic carbocycles. The first-order valence-electron chi connectivity index (χ1n) is 4.14. The molecule has 0 radical (unpaired) electrons. The van der Waals surface area contributed by atoms with Crippen LogP contribution in [-0.2, 0) is 0 Å². The number of aromatic amines is 1. The molecule has 0 aliphatic heterocycles. The number of aromatic nitrogens is 1. The van der Waals surface area contributed by atoms with E-state index in [1.165, 1.54) is 0 Å². The Hall–Kier alpha value is -1.53. The summed E-state index contributed by atoms with van der Waals surface area (Å²) in [5, 5.41) is 8.84. The van der Waals surface area contributed by atoms with E-state index in [9.17, 15) is 0 Å². The average Bonchev–Trinajstić information content (AvgIpc) is 2.67. The molecule has 1 N–H and O–H groups in total. The second-order valence-electron chi connectivity index (χ2n) is 2.89. The van der Waals surface area contributed by atoms with E-state index in [0.29, 0.717) is 5.56 Å². The highest BCUT2D eigenvalue weighted by molar-refractivity contribution is 9.10.